The van der Waals surface area contributed by atoms with Crippen LogP contribution in [0.5, 0.6) is 0 Å². The third-order valence-corrected chi connectivity index (χ3v) is 5.87. The fraction of sp³-hybridized carbons (Fsp3) is 0.391. The third kappa shape index (κ3) is 5.36. The van der Waals surface area contributed by atoms with Crippen LogP contribution < -0.4 is 4.90 Å². The molecule has 7 heteroatoms. The number of aliphatic carboxylic acids is 1. The van der Waals surface area contributed by atoms with Gasteiger partial charge in [0.1, 0.15) is 5.82 Å². The summed E-state index contributed by atoms with van der Waals surface area (Å²) in [7, 11) is 0. The maximum absolute atomic E-state index is 13.9. The Morgan fingerprint density at radius 1 is 1.07 bits per heavy atom. The van der Waals surface area contributed by atoms with Crippen molar-refractivity contribution in [3.8, 4) is 0 Å². The van der Waals surface area contributed by atoms with Gasteiger partial charge in [-0.1, -0.05) is 36.4 Å². The molecular formula is C23H27FN2O4. The van der Waals surface area contributed by atoms with Crippen LogP contribution in [-0.2, 0) is 16.1 Å². The summed E-state index contributed by atoms with van der Waals surface area (Å²) in [4.78, 5) is 23.8. The van der Waals surface area contributed by atoms with Crippen LogP contribution >= 0.6 is 0 Å². The van der Waals surface area contributed by atoms with E-state index in [2.05, 4.69) is 34.1 Å². The molecule has 2 aliphatic rings. The molecule has 2 aromatic rings. The number of halogens is 1. The summed E-state index contributed by atoms with van der Waals surface area (Å²) in [5.41, 5.74) is 3.25. The zero-order valence-corrected chi connectivity index (χ0v) is 16.8. The van der Waals surface area contributed by atoms with Crippen molar-refractivity contribution in [2.24, 2.45) is 5.92 Å². The monoisotopic (exact) mass is 414 g/mol. The van der Waals surface area contributed by atoms with Gasteiger partial charge in [0.25, 0.3) is 6.47 Å². The van der Waals surface area contributed by atoms with E-state index in [0.717, 1.165) is 45.6 Å². The molecule has 0 spiro atoms. The van der Waals surface area contributed by atoms with E-state index in [1.807, 2.05) is 12.1 Å². The maximum atomic E-state index is 13.9. The molecule has 160 valence electrons. The zero-order valence-electron chi connectivity index (χ0n) is 16.8. The molecule has 0 radical (unpaired) electrons. The van der Waals surface area contributed by atoms with Crippen molar-refractivity contribution in [3.63, 3.8) is 0 Å². The predicted octanol–water partition coefficient (Wildman–Crippen LogP) is 3.43. The molecule has 0 amide bonds. The van der Waals surface area contributed by atoms with Crippen LogP contribution in [0.25, 0.3) is 0 Å². The summed E-state index contributed by atoms with van der Waals surface area (Å²) in [6.07, 6.45) is 1.47. The third-order valence-electron chi connectivity index (χ3n) is 5.87. The minimum Gasteiger partial charge on any atom is -0.483 e. The first-order valence-corrected chi connectivity index (χ1v) is 10.1. The normalized spacial score (nSPS) is 17.6. The van der Waals surface area contributed by atoms with Gasteiger partial charge in [-0.05, 0) is 49.2 Å². The second-order valence-electron chi connectivity index (χ2n) is 7.79. The Hall–Kier alpha value is -2.93. The topological polar surface area (TPSA) is 81.1 Å². The van der Waals surface area contributed by atoms with Gasteiger partial charge in [0, 0.05) is 25.6 Å². The quantitative estimate of drug-likeness (QED) is 0.730. The summed E-state index contributed by atoms with van der Waals surface area (Å²) >= 11 is 0. The number of carbonyl (C=O) groups is 2. The van der Waals surface area contributed by atoms with Crippen LogP contribution in [-0.4, -0.2) is 53.7 Å². The first kappa shape index (κ1) is 21.8. The number of rotatable bonds is 5. The van der Waals surface area contributed by atoms with Crippen molar-refractivity contribution >= 4 is 18.1 Å². The van der Waals surface area contributed by atoms with Crippen molar-refractivity contribution in [1.29, 1.82) is 0 Å². The van der Waals surface area contributed by atoms with E-state index < -0.39 is 5.97 Å². The second kappa shape index (κ2) is 10.2. The highest BCUT2D eigenvalue weighted by molar-refractivity contribution is 5.70. The van der Waals surface area contributed by atoms with Crippen LogP contribution in [0.2, 0.25) is 0 Å². The van der Waals surface area contributed by atoms with Gasteiger partial charge in [0.15, 0.2) is 0 Å². The highest BCUT2D eigenvalue weighted by Gasteiger charge is 2.29. The Bertz CT molecular complexity index is 845. The Labute approximate surface area is 175 Å². The van der Waals surface area contributed by atoms with E-state index in [9.17, 15) is 9.18 Å². The molecular weight excluding hydrogens is 387 g/mol. The summed E-state index contributed by atoms with van der Waals surface area (Å²) in [6.45, 7) is 4.02. The van der Waals surface area contributed by atoms with Gasteiger partial charge in [-0.2, -0.15) is 0 Å². The predicted molar refractivity (Wildman–Crippen MR) is 112 cm³/mol. The molecule has 0 atom stereocenters. The van der Waals surface area contributed by atoms with Gasteiger partial charge < -0.3 is 15.1 Å². The number of piperidine rings is 1. The van der Waals surface area contributed by atoms with Crippen molar-refractivity contribution in [2.45, 2.75) is 25.3 Å². The number of para-hydroxylation sites is 1. The smallest absolute Gasteiger partial charge is 0.306 e. The lowest BCUT2D eigenvalue weighted by atomic mass is 9.90. The van der Waals surface area contributed by atoms with E-state index in [-0.39, 0.29) is 18.2 Å². The van der Waals surface area contributed by atoms with Crippen molar-refractivity contribution < 1.29 is 24.2 Å². The van der Waals surface area contributed by atoms with Crippen LogP contribution in [0, 0.1) is 11.7 Å². The van der Waals surface area contributed by atoms with E-state index in [1.54, 1.807) is 6.07 Å². The number of hydrogen-bond donors (Lipinski definition) is 2. The number of likely N-dealkylation sites (tertiary alicyclic amines) is 1. The van der Waals surface area contributed by atoms with Crippen molar-refractivity contribution in [3.05, 3.63) is 65.5 Å². The van der Waals surface area contributed by atoms with Gasteiger partial charge >= 0.3 is 5.97 Å². The van der Waals surface area contributed by atoms with Crippen molar-refractivity contribution in [1.82, 2.24) is 4.90 Å². The van der Waals surface area contributed by atoms with E-state index in [1.165, 1.54) is 17.2 Å². The average Bonchev–Trinajstić information content (AvgIpc) is 2.71. The molecule has 0 saturated carbocycles. The molecule has 0 unspecified atom stereocenters. The Morgan fingerprint density at radius 2 is 1.67 bits per heavy atom. The Morgan fingerprint density at radius 3 is 2.23 bits per heavy atom. The van der Waals surface area contributed by atoms with Gasteiger partial charge in [0.05, 0.1) is 11.6 Å². The standard InChI is InChI=1S/C22H25FN2O2.CH2O2/c23-20-3-1-2-4-21(20)25-14-19(15-25)17-7-5-16(6-8-17)13-24-11-9-18(10-12-24)22(26)27;2-1-3/h1-8,18-19H,9-15H2,(H,26,27);1H,(H,2,3). The molecule has 0 aliphatic carbocycles. The molecule has 0 aromatic heterocycles. The Kier molecular flexibility index (Phi) is 7.41. The lowest BCUT2D eigenvalue weighted by molar-refractivity contribution is -0.143. The number of benzene rings is 2. The minimum absolute atomic E-state index is 0.155. The maximum Gasteiger partial charge on any atom is 0.306 e. The minimum atomic E-state index is -0.663. The number of carboxylic acid groups (broad SMARTS) is 2. The first-order chi connectivity index (χ1) is 14.5. The number of nitrogens with zero attached hydrogens (tertiary/aromatic N) is 2. The molecule has 4 rings (SSSR count). The lowest BCUT2D eigenvalue weighted by Crippen LogP contribution is -2.45. The van der Waals surface area contributed by atoms with E-state index in [0.29, 0.717) is 11.6 Å². The van der Waals surface area contributed by atoms with Gasteiger partial charge in [0.2, 0.25) is 0 Å². The van der Waals surface area contributed by atoms with Crippen molar-refractivity contribution in [2.75, 3.05) is 31.1 Å². The van der Waals surface area contributed by atoms with Gasteiger partial charge in [-0.25, -0.2) is 4.39 Å². The molecule has 2 heterocycles. The molecule has 30 heavy (non-hydrogen) atoms. The molecule has 2 saturated heterocycles. The van der Waals surface area contributed by atoms with Gasteiger partial charge in [-0.15, -0.1) is 0 Å². The molecule has 0 bridgehead atoms. The summed E-state index contributed by atoms with van der Waals surface area (Å²) in [5.74, 6) is -0.550. The average molecular weight is 414 g/mol. The molecule has 2 aromatic carbocycles. The lowest BCUT2D eigenvalue weighted by Gasteiger charge is -2.41. The molecule has 2 N–H and O–H groups in total. The van der Waals surface area contributed by atoms with Gasteiger partial charge in [-0.3, -0.25) is 14.5 Å². The number of anilines is 1. The zero-order chi connectivity index (χ0) is 21.5. The number of carboxylic acids is 1. The van der Waals surface area contributed by atoms with Crippen LogP contribution in [0.15, 0.2) is 48.5 Å². The van der Waals surface area contributed by atoms with E-state index >= 15 is 0 Å². The fourth-order valence-electron chi connectivity index (χ4n) is 4.09. The summed E-state index contributed by atoms with van der Waals surface area (Å²) < 4.78 is 13.9. The fourth-order valence-corrected chi connectivity index (χ4v) is 4.09. The SMILES string of the molecule is O=C(O)C1CCN(Cc2ccc(C3CN(c4ccccc4F)C3)cc2)CC1.O=CO. The van der Waals surface area contributed by atoms with Crippen LogP contribution in [0.4, 0.5) is 10.1 Å². The highest BCUT2D eigenvalue weighted by Crippen LogP contribution is 2.33. The van der Waals surface area contributed by atoms with E-state index in [4.69, 9.17) is 15.0 Å². The Balaban J connectivity index is 0.000000806. The second-order valence-corrected chi connectivity index (χ2v) is 7.79. The summed E-state index contributed by atoms with van der Waals surface area (Å²) in [5, 5.41) is 16.0. The number of hydrogen-bond acceptors (Lipinski definition) is 4. The largest absolute Gasteiger partial charge is 0.483 e. The molecule has 6 nitrogen and oxygen atoms in total. The molecule has 2 fully saturated rings. The van der Waals surface area contributed by atoms with Crippen LogP contribution in [0.3, 0.4) is 0 Å². The molecule has 2 aliphatic heterocycles. The highest BCUT2D eigenvalue weighted by atomic mass is 19.1. The first-order valence-electron chi connectivity index (χ1n) is 10.1. The van der Waals surface area contributed by atoms with Crippen LogP contribution in [0.1, 0.15) is 29.9 Å². The summed E-state index contributed by atoms with van der Waals surface area (Å²) in [6, 6.07) is 15.7.